The molecular weight excluding hydrogens is 412 g/mol. The van der Waals surface area contributed by atoms with Gasteiger partial charge in [0.05, 0.1) is 30.8 Å². The molecule has 1 aromatic heterocycles. The van der Waals surface area contributed by atoms with Gasteiger partial charge in [0.25, 0.3) is 0 Å². The second-order valence-electron chi connectivity index (χ2n) is 7.45. The lowest BCUT2D eigenvalue weighted by Crippen LogP contribution is -2.10. The van der Waals surface area contributed by atoms with Gasteiger partial charge in [-0.3, -0.25) is 0 Å². The number of nitrogens with zero attached hydrogens (tertiary/aromatic N) is 3. The molecule has 6 nitrogen and oxygen atoms in total. The molecular formula is C27H26N4O2. The Bertz CT molecular complexity index is 1150. The lowest BCUT2D eigenvalue weighted by Gasteiger charge is -2.09. The molecule has 0 fully saturated rings. The van der Waals surface area contributed by atoms with E-state index in [9.17, 15) is 5.11 Å². The molecule has 0 aliphatic carbocycles. The van der Waals surface area contributed by atoms with E-state index in [4.69, 9.17) is 14.7 Å². The van der Waals surface area contributed by atoms with Gasteiger partial charge in [0.15, 0.2) is 0 Å². The van der Waals surface area contributed by atoms with Crippen molar-refractivity contribution < 1.29 is 9.84 Å². The molecule has 166 valence electrons. The average molecular weight is 439 g/mol. The second kappa shape index (κ2) is 10.9. The Morgan fingerprint density at radius 2 is 1.52 bits per heavy atom. The van der Waals surface area contributed by atoms with Crippen LogP contribution in [0.1, 0.15) is 24.7 Å². The molecule has 6 heteroatoms. The number of phenolic OH excluding ortho intramolecular Hbond substituents is 1. The zero-order valence-electron chi connectivity index (χ0n) is 18.5. The van der Waals surface area contributed by atoms with Gasteiger partial charge < -0.3 is 15.3 Å². The first-order valence-corrected chi connectivity index (χ1v) is 10.9. The van der Waals surface area contributed by atoms with E-state index in [1.165, 1.54) is 0 Å². The summed E-state index contributed by atoms with van der Waals surface area (Å²) in [4.78, 5) is 9.44. The highest BCUT2D eigenvalue weighted by molar-refractivity contribution is 5.83. The molecule has 4 rings (SSSR count). The van der Waals surface area contributed by atoms with Gasteiger partial charge in [0.1, 0.15) is 17.3 Å². The summed E-state index contributed by atoms with van der Waals surface area (Å²) in [5.74, 6) is 1.38. The van der Waals surface area contributed by atoms with Gasteiger partial charge in [-0.2, -0.15) is 5.10 Å². The summed E-state index contributed by atoms with van der Waals surface area (Å²) in [6.07, 6.45) is 2.48. The fraction of sp³-hybridized carbons (Fsp3) is 0.148. The van der Waals surface area contributed by atoms with Gasteiger partial charge in [-0.05, 0) is 24.6 Å². The molecule has 0 atom stereocenters. The molecule has 4 aromatic rings. The Kier molecular flexibility index (Phi) is 7.28. The third-order valence-electron chi connectivity index (χ3n) is 4.92. The second-order valence-corrected chi connectivity index (χ2v) is 7.45. The van der Waals surface area contributed by atoms with Crippen molar-refractivity contribution in [3.8, 4) is 34.0 Å². The van der Waals surface area contributed by atoms with E-state index in [1.807, 2.05) is 79.7 Å². The maximum absolute atomic E-state index is 10.2. The van der Waals surface area contributed by atoms with Crippen LogP contribution in [0, 0.1) is 0 Å². The van der Waals surface area contributed by atoms with Crippen LogP contribution < -0.4 is 10.2 Å². The van der Waals surface area contributed by atoms with Crippen molar-refractivity contribution in [2.45, 2.75) is 19.9 Å². The van der Waals surface area contributed by atoms with Crippen LogP contribution >= 0.6 is 0 Å². The van der Waals surface area contributed by atoms with Crippen molar-refractivity contribution >= 4 is 6.21 Å². The molecule has 0 unspecified atom stereocenters. The summed E-state index contributed by atoms with van der Waals surface area (Å²) in [7, 11) is 0. The minimum Gasteiger partial charge on any atom is -0.507 e. The van der Waals surface area contributed by atoms with Crippen molar-refractivity contribution in [1.29, 1.82) is 0 Å². The number of rotatable bonds is 9. The minimum absolute atomic E-state index is 0.114. The molecule has 0 radical (unpaired) electrons. The van der Waals surface area contributed by atoms with Crippen LogP contribution in [0.5, 0.6) is 11.5 Å². The van der Waals surface area contributed by atoms with Crippen LogP contribution in [0.3, 0.4) is 0 Å². The zero-order chi connectivity index (χ0) is 22.9. The number of hydrazone groups is 1. The van der Waals surface area contributed by atoms with Crippen LogP contribution in [0.15, 0.2) is 90.0 Å². The largest absolute Gasteiger partial charge is 0.507 e. The SMILES string of the molecule is CCCOc1ccc(/C=N/NCc2nc(-c3ccccc3)cc(-c3ccccc3)n2)c(O)c1. The fourth-order valence-electron chi connectivity index (χ4n) is 3.26. The number of hydrogen-bond donors (Lipinski definition) is 2. The maximum atomic E-state index is 10.2. The molecule has 0 aliphatic heterocycles. The number of ether oxygens (including phenoxy) is 1. The molecule has 1 heterocycles. The quantitative estimate of drug-likeness (QED) is 0.269. The lowest BCUT2D eigenvalue weighted by molar-refractivity contribution is 0.315. The van der Waals surface area contributed by atoms with Gasteiger partial charge in [-0.25, -0.2) is 9.97 Å². The van der Waals surface area contributed by atoms with Crippen molar-refractivity contribution in [3.63, 3.8) is 0 Å². The van der Waals surface area contributed by atoms with Crippen LogP contribution in [0.4, 0.5) is 0 Å². The fourth-order valence-corrected chi connectivity index (χ4v) is 3.26. The first-order valence-electron chi connectivity index (χ1n) is 10.9. The van der Waals surface area contributed by atoms with Crippen LogP contribution in [0.25, 0.3) is 22.5 Å². The first kappa shape index (κ1) is 22.0. The van der Waals surface area contributed by atoms with Gasteiger partial charge in [0, 0.05) is 22.8 Å². The highest BCUT2D eigenvalue weighted by Gasteiger charge is 2.08. The number of hydrogen-bond acceptors (Lipinski definition) is 6. The maximum Gasteiger partial charge on any atom is 0.150 e. The molecule has 0 amide bonds. The van der Waals surface area contributed by atoms with Crippen molar-refractivity contribution in [1.82, 2.24) is 15.4 Å². The van der Waals surface area contributed by atoms with Crippen molar-refractivity contribution in [3.05, 3.63) is 96.3 Å². The number of aromatic hydroxyl groups is 1. The van der Waals surface area contributed by atoms with Crippen molar-refractivity contribution in [2.75, 3.05) is 6.61 Å². The van der Waals surface area contributed by atoms with E-state index in [2.05, 4.69) is 10.5 Å². The Morgan fingerprint density at radius 3 is 2.09 bits per heavy atom. The molecule has 0 saturated heterocycles. The van der Waals surface area contributed by atoms with Crippen LogP contribution in [0.2, 0.25) is 0 Å². The Hall–Kier alpha value is -4.19. The standard InChI is InChI=1S/C27H26N4O2/c1-2-15-33-23-14-13-22(26(32)16-23)18-28-29-19-27-30-24(20-9-5-3-6-10-20)17-25(31-27)21-11-7-4-8-12-21/h3-14,16-18,29,32H,2,15,19H2,1H3/b28-18+. The summed E-state index contributed by atoms with van der Waals surface area (Å²) in [6.45, 7) is 2.99. The number of phenols is 1. The summed E-state index contributed by atoms with van der Waals surface area (Å²) in [5, 5.41) is 14.4. The lowest BCUT2D eigenvalue weighted by atomic mass is 10.1. The average Bonchev–Trinajstić information content (AvgIpc) is 2.87. The highest BCUT2D eigenvalue weighted by atomic mass is 16.5. The topological polar surface area (TPSA) is 79.6 Å². The number of nitrogens with one attached hydrogen (secondary N) is 1. The van der Waals surface area contributed by atoms with Gasteiger partial charge in [-0.15, -0.1) is 0 Å². The van der Waals surface area contributed by atoms with Gasteiger partial charge in [0.2, 0.25) is 0 Å². The predicted octanol–water partition coefficient (Wildman–Crippen LogP) is 5.43. The summed E-state index contributed by atoms with van der Waals surface area (Å²) >= 11 is 0. The summed E-state index contributed by atoms with van der Waals surface area (Å²) in [6, 6.07) is 27.2. The van der Waals surface area contributed by atoms with E-state index in [-0.39, 0.29) is 5.75 Å². The monoisotopic (exact) mass is 438 g/mol. The molecule has 0 bridgehead atoms. The van der Waals surface area contributed by atoms with E-state index >= 15 is 0 Å². The van der Waals surface area contributed by atoms with E-state index in [0.29, 0.717) is 30.3 Å². The third kappa shape index (κ3) is 5.95. The number of aromatic nitrogens is 2. The zero-order valence-corrected chi connectivity index (χ0v) is 18.5. The molecule has 2 N–H and O–H groups in total. The summed E-state index contributed by atoms with van der Waals surface area (Å²) in [5.41, 5.74) is 7.33. The molecule has 0 saturated carbocycles. The van der Waals surface area contributed by atoms with Crippen LogP contribution in [-0.2, 0) is 6.54 Å². The third-order valence-corrected chi connectivity index (χ3v) is 4.92. The predicted molar refractivity (Wildman–Crippen MR) is 131 cm³/mol. The number of benzene rings is 3. The molecule has 0 aliphatic rings. The molecule has 33 heavy (non-hydrogen) atoms. The van der Waals surface area contributed by atoms with E-state index in [0.717, 1.165) is 28.9 Å². The van der Waals surface area contributed by atoms with Crippen molar-refractivity contribution in [2.24, 2.45) is 5.10 Å². The normalized spacial score (nSPS) is 10.9. The molecule has 3 aromatic carbocycles. The Morgan fingerprint density at radius 1 is 0.879 bits per heavy atom. The first-order chi connectivity index (χ1) is 16.2. The minimum atomic E-state index is 0.114. The Labute approximate surface area is 193 Å². The van der Waals surface area contributed by atoms with E-state index < -0.39 is 0 Å². The van der Waals surface area contributed by atoms with E-state index in [1.54, 1.807) is 18.3 Å². The highest BCUT2D eigenvalue weighted by Crippen LogP contribution is 2.24. The molecule has 0 spiro atoms. The summed E-state index contributed by atoms with van der Waals surface area (Å²) < 4.78 is 5.53. The smallest absolute Gasteiger partial charge is 0.150 e. The Balaban J connectivity index is 1.51. The van der Waals surface area contributed by atoms with Gasteiger partial charge >= 0.3 is 0 Å². The van der Waals surface area contributed by atoms with Gasteiger partial charge in [-0.1, -0.05) is 67.6 Å². The van der Waals surface area contributed by atoms with Crippen LogP contribution in [-0.4, -0.2) is 27.9 Å².